The third-order valence-corrected chi connectivity index (χ3v) is 7.94. The number of likely N-dealkylation sites (N-methyl/N-ethyl adjacent to an activating group) is 1. The highest BCUT2D eigenvalue weighted by Gasteiger charge is 2.37. The van der Waals surface area contributed by atoms with Gasteiger partial charge < -0.3 is 5.32 Å². The number of hydrogen-bond donors (Lipinski definition) is 1. The normalized spacial score (nSPS) is 17.7. The van der Waals surface area contributed by atoms with Crippen molar-refractivity contribution in [2.24, 2.45) is 5.92 Å². The molecule has 0 aliphatic carbocycles. The molecule has 0 spiro atoms. The number of halogens is 4. The number of benzene rings is 1. The Hall–Kier alpha value is -1.36. The smallest absolute Gasteiger partial charge is 0.354 e. The van der Waals surface area contributed by atoms with Crippen LogP contribution in [0.4, 0.5) is 13.2 Å². The van der Waals surface area contributed by atoms with Crippen LogP contribution in [0.3, 0.4) is 0 Å². The summed E-state index contributed by atoms with van der Waals surface area (Å²) in [5.74, 6) is -0.451. The monoisotopic (exact) mass is 483 g/mol. The van der Waals surface area contributed by atoms with Crippen LogP contribution in [0.1, 0.15) is 39.2 Å². The molecule has 1 aliphatic heterocycles. The molecule has 1 heterocycles. The first-order chi connectivity index (χ1) is 14.4. The van der Waals surface area contributed by atoms with Crippen LogP contribution in [0.15, 0.2) is 23.1 Å². The van der Waals surface area contributed by atoms with Crippen molar-refractivity contribution in [2.75, 3.05) is 32.7 Å². The minimum Gasteiger partial charge on any atom is -0.354 e. The van der Waals surface area contributed by atoms with E-state index in [-0.39, 0.29) is 31.0 Å². The molecule has 0 saturated carbocycles. The summed E-state index contributed by atoms with van der Waals surface area (Å²) in [6, 6.07) is 2.76. The van der Waals surface area contributed by atoms with Gasteiger partial charge in [0.15, 0.2) is 0 Å². The topological polar surface area (TPSA) is 69.7 Å². The Kier molecular flexibility index (Phi) is 8.77. The molecule has 1 atom stereocenters. The third kappa shape index (κ3) is 6.34. The van der Waals surface area contributed by atoms with Crippen molar-refractivity contribution in [1.29, 1.82) is 0 Å². The van der Waals surface area contributed by atoms with Gasteiger partial charge in [-0.15, -0.1) is 0 Å². The van der Waals surface area contributed by atoms with E-state index in [0.29, 0.717) is 25.5 Å². The molecule has 1 aromatic carbocycles. The predicted octanol–water partition coefficient (Wildman–Crippen LogP) is 3.61. The van der Waals surface area contributed by atoms with Gasteiger partial charge >= 0.3 is 6.18 Å². The lowest BCUT2D eigenvalue weighted by atomic mass is 9.97. The number of nitrogens with one attached hydrogen (secondary N) is 1. The van der Waals surface area contributed by atoms with E-state index in [9.17, 15) is 26.4 Å². The molecule has 0 bridgehead atoms. The molecule has 6 nitrogen and oxygen atoms in total. The number of carbonyl (C=O) groups excluding carboxylic acids is 1. The molecule has 1 aliphatic rings. The van der Waals surface area contributed by atoms with Gasteiger partial charge in [-0.2, -0.15) is 17.5 Å². The summed E-state index contributed by atoms with van der Waals surface area (Å²) >= 11 is 5.58. The van der Waals surface area contributed by atoms with E-state index in [2.05, 4.69) is 24.1 Å². The molecule has 1 N–H and O–H groups in total. The van der Waals surface area contributed by atoms with Gasteiger partial charge in [0, 0.05) is 31.6 Å². The van der Waals surface area contributed by atoms with Gasteiger partial charge in [-0.1, -0.05) is 25.4 Å². The summed E-state index contributed by atoms with van der Waals surface area (Å²) in [6.07, 6.45) is -4.13. The minimum atomic E-state index is -4.75. The predicted molar refractivity (Wildman–Crippen MR) is 113 cm³/mol. The van der Waals surface area contributed by atoms with Gasteiger partial charge in [-0.3, -0.25) is 9.69 Å². The molecule has 0 aromatic heterocycles. The molecule has 31 heavy (non-hydrogen) atoms. The Labute approximate surface area is 186 Å². The maximum atomic E-state index is 13.1. The average molecular weight is 484 g/mol. The van der Waals surface area contributed by atoms with Gasteiger partial charge in [0.1, 0.15) is 0 Å². The SMILES string of the molecule is CCN(CC)C(C)CNC(=O)C1CCN(S(=O)(=O)c2ccc(Cl)c(C(F)(F)F)c2)CC1. The van der Waals surface area contributed by atoms with Gasteiger partial charge in [0.25, 0.3) is 0 Å². The van der Waals surface area contributed by atoms with E-state index in [1.165, 1.54) is 0 Å². The van der Waals surface area contributed by atoms with Crippen LogP contribution in [0.5, 0.6) is 0 Å². The van der Waals surface area contributed by atoms with E-state index >= 15 is 0 Å². The van der Waals surface area contributed by atoms with E-state index in [0.717, 1.165) is 29.5 Å². The van der Waals surface area contributed by atoms with E-state index in [4.69, 9.17) is 11.6 Å². The molecule has 0 radical (unpaired) electrons. The highest BCUT2D eigenvalue weighted by atomic mass is 35.5. The summed E-state index contributed by atoms with van der Waals surface area (Å²) in [4.78, 5) is 14.2. The fourth-order valence-corrected chi connectivity index (χ4v) is 5.48. The molecule has 1 unspecified atom stereocenters. The first-order valence-corrected chi connectivity index (χ1v) is 12.1. The Morgan fingerprint density at radius 2 is 1.84 bits per heavy atom. The maximum Gasteiger partial charge on any atom is 0.417 e. The minimum absolute atomic E-state index is 0.0655. The standard InChI is InChI=1S/C20H29ClF3N3O3S/c1-4-26(5-2)14(3)13-25-19(28)15-8-10-27(11-9-15)31(29,30)16-6-7-18(21)17(12-16)20(22,23)24/h6-7,12,14-15H,4-5,8-11,13H2,1-3H3,(H,25,28). The number of rotatable bonds is 8. The van der Waals surface area contributed by atoms with E-state index in [1.54, 1.807) is 0 Å². The van der Waals surface area contributed by atoms with Gasteiger partial charge in [0.2, 0.25) is 15.9 Å². The zero-order chi connectivity index (χ0) is 23.4. The summed E-state index contributed by atoms with van der Waals surface area (Å²) in [7, 11) is -4.12. The number of carbonyl (C=O) groups is 1. The highest BCUT2D eigenvalue weighted by molar-refractivity contribution is 7.89. The van der Waals surface area contributed by atoms with Crippen molar-refractivity contribution in [3.63, 3.8) is 0 Å². The number of piperidine rings is 1. The lowest BCUT2D eigenvalue weighted by Gasteiger charge is -2.31. The van der Waals surface area contributed by atoms with Crippen LogP contribution in [-0.2, 0) is 21.0 Å². The number of alkyl halides is 3. The molecule has 1 aromatic rings. The fraction of sp³-hybridized carbons (Fsp3) is 0.650. The van der Waals surface area contributed by atoms with Crippen LogP contribution in [-0.4, -0.2) is 62.3 Å². The molecular weight excluding hydrogens is 455 g/mol. The van der Waals surface area contributed by atoms with E-state index < -0.39 is 31.7 Å². The van der Waals surface area contributed by atoms with Crippen molar-refractivity contribution >= 4 is 27.5 Å². The first-order valence-electron chi connectivity index (χ1n) is 10.3. The Morgan fingerprint density at radius 3 is 2.35 bits per heavy atom. The molecule has 176 valence electrons. The molecular formula is C20H29ClF3N3O3S. The first kappa shape index (κ1) is 25.9. The lowest BCUT2D eigenvalue weighted by Crippen LogP contribution is -2.46. The van der Waals surface area contributed by atoms with Crippen molar-refractivity contribution in [3.05, 3.63) is 28.8 Å². The average Bonchev–Trinajstić information content (AvgIpc) is 2.72. The van der Waals surface area contributed by atoms with Crippen LogP contribution < -0.4 is 5.32 Å². The zero-order valence-electron chi connectivity index (χ0n) is 17.9. The van der Waals surface area contributed by atoms with E-state index in [1.807, 2.05) is 6.92 Å². The quantitative estimate of drug-likeness (QED) is 0.613. The molecule has 1 fully saturated rings. The largest absolute Gasteiger partial charge is 0.417 e. The van der Waals surface area contributed by atoms with Crippen molar-refractivity contribution in [3.8, 4) is 0 Å². The van der Waals surface area contributed by atoms with Gasteiger partial charge in [-0.05, 0) is 51.1 Å². The number of hydrogen-bond acceptors (Lipinski definition) is 4. The maximum absolute atomic E-state index is 13.1. The lowest BCUT2D eigenvalue weighted by molar-refractivity contribution is -0.137. The molecule has 1 amide bonds. The number of amides is 1. The molecule has 2 rings (SSSR count). The highest BCUT2D eigenvalue weighted by Crippen LogP contribution is 2.36. The van der Waals surface area contributed by atoms with Crippen molar-refractivity contribution in [1.82, 2.24) is 14.5 Å². The Morgan fingerprint density at radius 1 is 1.26 bits per heavy atom. The second kappa shape index (κ2) is 10.5. The zero-order valence-corrected chi connectivity index (χ0v) is 19.4. The number of nitrogens with zero attached hydrogens (tertiary/aromatic N) is 2. The summed E-state index contributed by atoms with van der Waals surface area (Å²) < 4.78 is 66.0. The van der Waals surface area contributed by atoms with Gasteiger partial charge in [-0.25, -0.2) is 8.42 Å². The Balaban J connectivity index is 2.00. The van der Waals surface area contributed by atoms with Crippen LogP contribution in [0.2, 0.25) is 5.02 Å². The molecule has 11 heteroatoms. The second-order valence-electron chi connectivity index (χ2n) is 7.63. The third-order valence-electron chi connectivity index (χ3n) is 5.71. The molecule has 1 saturated heterocycles. The number of sulfonamides is 1. The van der Waals surface area contributed by atoms with Crippen molar-refractivity contribution < 1.29 is 26.4 Å². The van der Waals surface area contributed by atoms with Gasteiger partial charge in [0.05, 0.1) is 15.5 Å². The van der Waals surface area contributed by atoms with Crippen LogP contribution >= 0.6 is 11.6 Å². The van der Waals surface area contributed by atoms with Crippen LogP contribution in [0.25, 0.3) is 0 Å². The fourth-order valence-electron chi connectivity index (χ4n) is 3.76. The Bertz CT molecular complexity index is 868. The van der Waals surface area contributed by atoms with Crippen LogP contribution in [0, 0.1) is 5.92 Å². The second-order valence-corrected chi connectivity index (χ2v) is 9.98. The van der Waals surface area contributed by atoms with Crippen molar-refractivity contribution in [2.45, 2.75) is 50.7 Å². The summed E-state index contributed by atoms with van der Waals surface area (Å²) in [6.45, 7) is 8.53. The summed E-state index contributed by atoms with van der Waals surface area (Å²) in [5.41, 5.74) is -1.19. The summed E-state index contributed by atoms with van der Waals surface area (Å²) in [5, 5.41) is 2.37.